The number of benzene rings is 1. The maximum Gasteiger partial charge on any atom is 0.201 e. The van der Waals surface area contributed by atoms with Crippen LogP contribution in [-0.4, -0.2) is 33.6 Å². The number of imidazole rings is 1. The third-order valence-corrected chi connectivity index (χ3v) is 4.74. The molecule has 0 aliphatic carbocycles. The van der Waals surface area contributed by atoms with Crippen molar-refractivity contribution in [1.82, 2.24) is 14.5 Å². The molecule has 0 bridgehead atoms. The van der Waals surface area contributed by atoms with Crippen molar-refractivity contribution in [3.63, 3.8) is 0 Å². The molecular weight excluding hydrogens is 284 g/mol. The van der Waals surface area contributed by atoms with Crippen molar-refractivity contribution in [2.75, 3.05) is 18.8 Å². The van der Waals surface area contributed by atoms with Crippen LogP contribution in [0.25, 0.3) is 11.0 Å². The number of nitrogen functional groups attached to an aromatic ring is 1. The standard InChI is InChI=1S/C16H23ClN4/c1-12-5-2-3-8-20(12)9-4-10-21-15-11-13(17)6-7-14(15)19-16(21)18/h6-7,11-12H,2-5,8-10H2,1H3,(H2,18,19). The second kappa shape index (κ2) is 6.24. The first-order chi connectivity index (χ1) is 10.1. The summed E-state index contributed by atoms with van der Waals surface area (Å²) in [6, 6.07) is 6.45. The van der Waals surface area contributed by atoms with E-state index >= 15 is 0 Å². The number of rotatable bonds is 4. The lowest BCUT2D eigenvalue weighted by molar-refractivity contribution is 0.157. The third-order valence-electron chi connectivity index (χ3n) is 4.51. The molecule has 0 radical (unpaired) electrons. The molecule has 1 aromatic carbocycles. The lowest BCUT2D eigenvalue weighted by Crippen LogP contribution is -2.38. The van der Waals surface area contributed by atoms with E-state index in [-0.39, 0.29) is 0 Å². The lowest BCUT2D eigenvalue weighted by Gasteiger charge is -2.33. The van der Waals surface area contributed by atoms with Crippen molar-refractivity contribution in [2.24, 2.45) is 0 Å². The highest BCUT2D eigenvalue weighted by Gasteiger charge is 2.17. The Kier molecular flexibility index (Phi) is 4.36. The molecule has 1 atom stereocenters. The molecule has 2 heterocycles. The van der Waals surface area contributed by atoms with Gasteiger partial charge in [0.25, 0.3) is 0 Å². The van der Waals surface area contributed by atoms with Gasteiger partial charge in [-0.05, 0) is 50.9 Å². The Morgan fingerprint density at radius 2 is 2.19 bits per heavy atom. The number of hydrogen-bond donors (Lipinski definition) is 1. The number of likely N-dealkylation sites (tertiary alicyclic amines) is 1. The van der Waals surface area contributed by atoms with Gasteiger partial charge in [0.2, 0.25) is 5.95 Å². The van der Waals surface area contributed by atoms with Gasteiger partial charge in [-0.1, -0.05) is 18.0 Å². The SMILES string of the molecule is CC1CCCCN1CCCn1c(N)nc2ccc(Cl)cc21. The van der Waals surface area contributed by atoms with Gasteiger partial charge >= 0.3 is 0 Å². The molecular formula is C16H23ClN4. The first-order valence-electron chi connectivity index (χ1n) is 7.80. The van der Waals surface area contributed by atoms with E-state index in [0.717, 1.165) is 35.6 Å². The Hall–Kier alpha value is -1.26. The molecule has 4 nitrogen and oxygen atoms in total. The summed E-state index contributed by atoms with van der Waals surface area (Å²) in [4.78, 5) is 6.99. The summed E-state index contributed by atoms with van der Waals surface area (Å²) in [6.07, 6.45) is 5.11. The zero-order valence-corrected chi connectivity index (χ0v) is 13.3. The van der Waals surface area contributed by atoms with Crippen molar-refractivity contribution >= 4 is 28.6 Å². The highest BCUT2D eigenvalue weighted by Crippen LogP contribution is 2.22. The van der Waals surface area contributed by atoms with Crippen LogP contribution in [0.1, 0.15) is 32.6 Å². The fourth-order valence-electron chi connectivity index (χ4n) is 3.27. The Morgan fingerprint density at radius 1 is 1.33 bits per heavy atom. The van der Waals surface area contributed by atoms with Crippen LogP contribution in [0.2, 0.25) is 5.02 Å². The maximum absolute atomic E-state index is 6.08. The average Bonchev–Trinajstić information content (AvgIpc) is 2.77. The van der Waals surface area contributed by atoms with E-state index in [1.807, 2.05) is 18.2 Å². The molecule has 2 aromatic rings. The third kappa shape index (κ3) is 3.16. The fraction of sp³-hybridized carbons (Fsp3) is 0.562. The summed E-state index contributed by atoms with van der Waals surface area (Å²) < 4.78 is 2.08. The normalized spacial score (nSPS) is 20.2. The van der Waals surface area contributed by atoms with Crippen LogP contribution < -0.4 is 5.73 Å². The summed E-state index contributed by atoms with van der Waals surface area (Å²) in [5.41, 5.74) is 8.00. The van der Waals surface area contributed by atoms with Gasteiger partial charge in [-0.3, -0.25) is 0 Å². The van der Waals surface area contributed by atoms with Crippen molar-refractivity contribution in [3.05, 3.63) is 23.2 Å². The predicted octanol–water partition coefficient (Wildman–Crippen LogP) is 3.54. The van der Waals surface area contributed by atoms with Gasteiger partial charge in [0, 0.05) is 24.2 Å². The van der Waals surface area contributed by atoms with Crippen molar-refractivity contribution < 1.29 is 0 Å². The first-order valence-corrected chi connectivity index (χ1v) is 8.18. The Balaban J connectivity index is 1.67. The number of aryl methyl sites for hydroxylation is 1. The van der Waals surface area contributed by atoms with Crippen LogP contribution in [0.4, 0.5) is 5.95 Å². The number of anilines is 1. The second-order valence-electron chi connectivity index (χ2n) is 5.99. The fourth-order valence-corrected chi connectivity index (χ4v) is 3.44. The number of halogens is 1. The zero-order chi connectivity index (χ0) is 14.8. The zero-order valence-electron chi connectivity index (χ0n) is 12.6. The maximum atomic E-state index is 6.08. The van der Waals surface area contributed by atoms with Gasteiger partial charge in [0.05, 0.1) is 11.0 Å². The quantitative estimate of drug-likeness (QED) is 0.940. The van der Waals surface area contributed by atoms with Crippen LogP contribution in [0.15, 0.2) is 18.2 Å². The van der Waals surface area contributed by atoms with E-state index in [9.17, 15) is 0 Å². The molecule has 21 heavy (non-hydrogen) atoms. The lowest BCUT2D eigenvalue weighted by atomic mass is 10.0. The van der Waals surface area contributed by atoms with E-state index in [4.69, 9.17) is 17.3 Å². The molecule has 1 saturated heterocycles. The molecule has 0 saturated carbocycles. The van der Waals surface area contributed by atoms with Crippen molar-refractivity contribution in [2.45, 2.75) is 45.2 Å². The second-order valence-corrected chi connectivity index (χ2v) is 6.43. The average molecular weight is 307 g/mol. The van der Waals surface area contributed by atoms with Gasteiger partial charge < -0.3 is 15.2 Å². The largest absolute Gasteiger partial charge is 0.369 e. The molecule has 0 spiro atoms. The van der Waals surface area contributed by atoms with Crippen LogP contribution in [0.3, 0.4) is 0 Å². The van der Waals surface area contributed by atoms with E-state index in [1.165, 1.54) is 25.8 Å². The predicted molar refractivity (Wildman–Crippen MR) is 88.7 cm³/mol. The monoisotopic (exact) mass is 306 g/mol. The minimum absolute atomic E-state index is 0.582. The topological polar surface area (TPSA) is 47.1 Å². The van der Waals surface area contributed by atoms with Crippen molar-refractivity contribution in [1.29, 1.82) is 0 Å². The molecule has 1 unspecified atom stereocenters. The summed E-state index contributed by atoms with van der Waals surface area (Å²) in [6.45, 7) is 5.58. The first kappa shape index (κ1) is 14.7. The highest BCUT2D eigenvalue weighted by molar-refractivity contribution is 6.31. The summed E-state index contributed by atoms with van der Waals surface area (Å²) >= 11 is 6.08. The Bertz CT molecular complexity index is 622. The molecule has 1 aliphatic rings. The van der Waals surface area contributed by atoms with Crippen LogP contribution in [0.5, 0.6) is 0 Å². The van der Waals surface area contributed by atoms with Gasteiger partial charge in [0.1, 0.15) is 0 Å². The van der Waals surface area contributed by atoms with E-state index < -0.39 is 0 Å². The molecule has 1 aliphatic heterocycles. The summed E-state index contributed by atoms with van der Waals surface area (Å²) in [5.74, 6) is 0.582. The number of nitrogens with two attached hydrogens (primary N) is 1. The number of hydrogen-bond acceptors (Lipinski definition) is 3. The number of fused-ring (bicyclic) bond motifs is 1. The van der Waals surface area contributed by atoms with Gasteiger partial charge in [0.15, 0.2) is 0 Å². The molecule has 1 fully saturated rings. The van der Waals surface area contributed by atoms with Gasteiger partial charge in [-0.15, -0.1) is 0 Å². The van der Waals surface area contributed by atoms with Crippen LogP contribution >= 0.6 is 11.6 Å². The molecule has 2 N–H and O–H groups in total. The minimum atomic E-state index is 0.582. The van der Waals surface area contributed by atoms with Crippen molar-refractivity contribution in [3.8, 4) is 0 Å². The van der Waals surface area contributed by atoms with Gasteiger partial charge in [-0.25, -0.2) is 4.98 Å². The van der Waals surface area contributed by atoms with E-state index in [2.05, 4.69) is 21.4 Å². The molecule has 114 valence electrons. The van der Waals surface area contributed by atoms with Crippen LogP contribution in [0, 0.1) is 0 Å². The minimum Gasteiger partial charge on any atom is -0.369 e. The summed E-state index contributed by atoms with van der Waals surface area (Å²) in [5, 5.41) is 0.730. The molecule has 1 aromatic heterocycles. The van der Waals surface area contributed by atoms with E-state index in [0.29, 0.717) is 12.0 Å². The van der Waals surface area contributed by atoms with Gasteiger partial charge in [-0.2, -0.15) is 0 Å². The number of nitrogens with zero attached hydrogens (tertiary/aromatic N) is 3. The van der Waals surface area contributed by atoms with E-state index in [1.54, 1.807) is 0 Å². The Morgan fingerprint density at radius 3 is 3.00 bits per heavy atom. The number of piperidine rings is 1. The number of aromatic nitrogens is 2. The molecule has 5 heteroatoms. The molecule has 0 amide bonds. The summed E-state index contributed by atoms with van der Waals surface area (Å²) in [7, 11) is 0. The van der Waals surface area contributed by atoms with Crippen LogP contribution in [-0.2, 0) is 6.54 Å². The Labute approximate surface area is 130 Å². The smallest absolute Gasteiger partial charge is 0.201 e. The molecule has 3 rings (SSSR count). The highest BCUT2D eigenvalue weighted by atomic mass is 35.5.